The average Bonchev–Trinajstić information content (AvgIpc) is 3.86. The van der Waals surface area contributed by atoms with Crippen LogP contribution in [0.2, 0.25) is 0 Å². The highest BCUT2D eigenvalue weighted by molar-refractivity contribution is 5.95. The summed E-state index contributed by atoms with van der Waals surface area (Å²) in [4.78, 5) is 39.7. The highest BCUT2D eigenvalue weighted by Crippen LogP contribution is 2.26. The Balaban J connectivity index is 0.000000182. The first kappa shape index (κ1) is 43.2. The van der Waals surface area contributed by atoms with E-state index in [4.69, 9.17) is 9.47 Å². The number of anilines is 2. The first-order chi connectivity index (χ1) is 29.1. The van der Waals surface area contributed by atoms with Gasteiger partial charge in [0.05, 0.1) is 81.7 Å². The number of urea groups is 1. The molecule has 2 N–H and O–H groups in total. The Bertz CT molecular complexity index is 2420. The molecular weight excluding hydrogens is 779 g/mol. The molecule has 2 aliphatic rings. The highest BCUT2D eigenvalue weighted by atomic mass is 19.1. The number of aromatic nitrogens is 4. The highest BCUT2D eigenvalue weighted by Gasteiger charge is 2.26. The smallest absolute Gasteiger partial charge is 0.337 e. The van der Waals surface area contributed by atoms with Crippen LogP contribution < -0.4 is 15.5 Å². The molecule has 0 aliphatic carbocycles. The molecule has 2 saturated heterocycles. The lowest BCUT2D eigenvalue weighted by Crippen LogP contribution is -2.48. The molecule has 2 amide bonds. The zero-order valence-electron chi connectivity index (χ0n) is 34.0. The lowest BCUT2D eigenvalue weighted by Gasteiger charge is -2.33. The molecule has 2 aliphatic heterocycles. The average molecular weight is 827 g/mol. The second-order valence-corrected chi connectivity index (χ2v) is 13.8. The number of fused-ring (bicyclic) bond motifs is 2. The molecule has 8 rings (SSSR count). The van der Waals surface area contributed by atoms with Gasteiger partial charge in [-0.15, -0.1) is 0 Å². The number of nitrogens with one attached hydrogen (secondary N) is 2. The number of amides is 2. The molecule has 0 radical (unpaired) electrons. The molecule has 0 bridgehead atoms. The number of hydrogen-bond acceptors (Lipinski definition) is 11. The molecule has 0 unspecified atom stereocenters. The Morgan fingerprint density at radius 1 is 0.733 bits per heavy atom. The summed E-state index contributed by atoms with van der Waals surface area (Å²) in [6, 6.07) is 19.6. The van der Waals surface area contributed by atoms with Crippen molar-refractivity contribution in [3.8, 4) is 0 Å². The van der Waals surface area contributed by atoms with Crippen LogP contribution in [0, 0.1) is 11.6 Å². The van der Waals surface area contributed by atoms with Crippen LogP contribution in [0.25, 0.3) is 21.8 Å². The predicted molar refractivity (Wildman–Crippen MR) is 222 cm³/mol. The summed E-state index contributed by atoms with van der Waals surface area (Å²) in [6.45, 7) is 6.01. The van der Waals surface area contributed by atoms with Crippen LogP contribution in [-0.4, -0.2) is 109 Å². The molecule has 17 heteroatoms. The number of benzene rings is 4. The SMILES string of the molecule is C1COCCN1.COC(=O)c1ccc(CN(C(=O)N2CCOCC2)c2ccc3cnn(C)c3c2)c(F)c1.COC(=O)c1ccc(CNc2ccc3cnn(C)c3c2)c(F)c1. The van der Waals surface area contributed by atoms with Gasteiger partial charge >= 0.3 is 18.0 Å². The van der Waals surface area contributed by atoms with E-state index < -0.39 is 23.6 Å². The predicted octanol–water partition coefficient (Wildman–Crippen LogP) is 5.68. The third kappa shape index (κ3) is 10.8. The number of esters is 2. The van der Waals surface area contributed by atoms with Gasteiger partial charge in [-0.25, -0.2) is 23.2 Å². The van der Waals surface area contributed by atoms with E-state index in [1.165, 1.54) is 37.3 Å². The lowest BCUT2D eigenvalue weighted by atomic mass is 10.1. The number of rotatable bonds is 8. The third-order valence-corrected chi connectivity index (χ3v) is 9.91. The number of morpholine rings is 2. The van der Waals surface area contributed by atoms with Crippen LogP contribution in [0.4, 0.5) is 25.0 Å². The maximum Gasteiger partial charge on any atom is 0.337 e. The van der Waals surface area contributed by atoms with Gasteiger partial charge in [-0.1, -0.05) is 12.1 Å². The van der Waals surface area contributed by atoms with Crippen molar-refractivity contribution in [1.29, 1.82) is 0 Å². The van der Waals surface area contributed by atoms with Crippen molar-refractivity contribution >= 4 is 51.2 Å². The summed E-state index contributed by atoms with van der Waals surface area (Å²) in [7, 11) is 6.21. The number of ether oxygens (including phenoxy) is 4. The first-order valence-corrected chi connectivity index (χ1v) is 19.3. The van der Waals surface area contributed by atoms with Gasteiger partial charge in [-0.2, -0.15) is 10.2 Å². The second kappa shape index (κ2) is 20.5. The molecule has 0 saturated carbocycles. The van der Waals surface area contributed by atoms with E-state index in [1.807, 2.05) is 50.5 Å². The fraction of sp³-hybridized carbons (Fsp3) is 0.326. The van der Waals surface area contributed by atoms with E-state index in [0.29, 0.717) is 49.7 Å². The van der Waals surface area contributed by atoms with Crippen molar-refractivity contribution in [1.82, 2.24) is 29.8 Å². The minimum absolute atomic E-state index is 0.00678. The fourth-order valence-electron chi connectivity index (χ4n) is 6.49. The topological polar surface area (TPSA) is 154 Å². The van der Waals surface area contributed by atoms with Crippen LogP contribution in [0.15, 0.2) is 85.2 Å². The van der Waals surface area contributed by atoms with Crippen LogP contribution in [0.1, 0.15) is 31.8 Å². The molecule has 0 spiro atoms. The van der Waals surface area contributed by atoms with Gasteiger partial charge in [0.15, 0.2) is 0 Å². The monoisotopic (exact) mass is 826 g/mol. The number of aryl methyl sites for hydroxylation is 2. The second-order valence-electron chi connectivity index (χ2n) is 13.8. The number of carbonyl (C=O) groups is 3. The molecule has 2 fully saturated rings. The van der Waals surface area contributed by atoms with Gasteiger partial charge in [0.1, 0.15) is 11.6 Å². The lowest BCUT2D eigenvalue weighted by molar-refractivity contribution is 0.0548. The van der Waals surface area contributed by atoms with E-state index in [-0.39, 0.29) is 23.7 Å². The minimum Gasteiger partial charge on any atom is -0.465 e. The van der Waals surface area contributed by atoms with Gasteiger partial charge in [-0.3, -0.25) is 14.3 Å². The van der Waals surface area contributed by atoms with Crippen molar-refractivity contribution in [2.45, 2.75) is 13.1 Å². The van der Waals surface area contributed by atoms with E-state index in [0.717, 1.165) is 59.9 Å². The molecule has 2 aromatic heterocycles. The molecule has 15 nitrogen and oxygen atoms in total. The molecule has 316 valence electrons. The van der Waals surface area contributed by atoms with Gasteiger partial charge in [0.25, 0.3) is 0 Å². The summed E-state index contributed by atoms with van der Waals surface area (Å²) in [5, 5.41) is 16.8. The number of halogens is 2. The molecule has 60 heavy (non-hydrogen) atoms. The quantitative estimate of drug-likeness (QED) is 0.183. The van der Waals surface area contributed by atoms with Crippen molar-refractivity contribution in [3.63, 3.8) is 0 Å². The Morgan fingerprint density at radius 2 is 1.28 bits per heavy atom. The zero-order chi connectivity index (χ0) is 42.6. The summed E-state index contributed by atoms with van der Waals surface area (Å²) in [6.07, 6.45) is 3.54. The summed E-state index contributed by atoms with van der Waals surface area (Å²) < 4.78 is 51.9. The van der Waals surface area contributed by atoms with Crippen LogP contribution in [0.3, 0.4) is 0 Å². The Morgan fingerprint density at radius 3 is 1.82 bits per heavy atom. The number of nitrogens with zero attached hydrogens (tertiary/aromatic N) is 6. The van der Waals surface area contributed by atoms with Crippen LogP contribution in [-0.2, 0) is 46.1 Å². The van der Waals surface area contributed by atoms with E-state index in [2.05, 4.69) is 30.3 Å². The Kier molecular flexibility index (Phi) is 14.7. The Labute approximate surface area is 345 Å². The van der Waals surface area contributed by atoms with Crippen molar-refractivity contribution in [3.05, 3.63) is 119 Å². The van der Waals surface area contributed by atoms with Gasteiger partial charge in [0.2, 0.25) is 0 Å². The van der Waals surface area contributed by atoms with Crippen molar-refractivity contribution in [2.75, 3.05) is 77.0 Å². The van der Waals surface area contributed by atoms with Gasteiger partial charge in [-0.05, 0) is 60.7 Å². The molecule has 4 heterocycles. The van der Waals surface area contributed by atoms with Gasteiger partial charge < -0.3 is 34.5 Å². The number of carbonyl (C=O) groups excluding carboxylic acids is 3. The summed E-state index contributed by atoms with van der Waals surface area (Å²) in [5.41, 5.74) is 4.44. The van der Waals surface area contributed by atoms with Crippen molar-refractivity contribution < 1.29 is 42.1 Å². The molecule has 4 aromatic carbocycles. The Hall–Kier alpha value is -6.43. The van der Waals surface area contributed by atoms with E-state index in [9.17, 15) is 23.2 Å². The van der Waals surface area contributed by atoms with E-state index in [1.54, 1.807) is 38.8 Å². The zero-order valence-corrected chi connectivity index (χ0v) is 34.0. The number of methoxy groups -OCH3 is 2. The van der Waals surface area contributed by atoms with E-state index >= 15 is 0 Å². The van der Waals surface area contributed by atoms with Crippen molar-refractivity contribution in [2.24, 2.45) is 14.1 Å². The maximum atomic E-state index is 14.8. The summed E-state index contributed by atoms with van der Waals surface area (Å²) >= 11 is 0. The number of hydrogen-bond donors (Lipinski definition) is 2. The molecule has 6 aromatic rings. The molecular formula is C43H48F2N8O7. The standard InChI is InChI=1S/C22H23FN4O4.C17H16FN3O2.C4H9NO/c1-25-20-12-18(6-5-16(20)13-24-25)27(22(29)26-7-9-31-10-8-26)14-17-4-3-15(11-19(17)23)21(28)30-2;1-21-16-8-14(6-5-13(16)10-20-21)19-9-12-4-3-11(7-15(12)18)17(22)23-2;1-3-6-4-2-5-1/h3-6,11-13H,7-10,14H2,1-2H3;3-8,10,19H,9H2,1-2H3;5H,1-4H2. The third-order valence-electron chi connectivity index (χ3n) is 9.91. The first-order valence-electron chi connectivity index (χ1n) is 19.3. The minimum atomic E-state index is -0.617. The normalized spacial score (nSPS) is 13.7. The maximum absolute atomic E-state index is 14.8. The van der Waals surface area contributed by atoms with Gasteiger partial charge in [0, 0.05) is 80.1 Å². The summed E-state index contributed by atoms with van der Waals surface area (Å²) in [5.74, 6) is -2.19. The largest absolute Gasteiger partial charge is 0.465 e. The van der Waals surface area contributed by atoms with Crippen LogP contribution >= 0.6 is 0 Å². The molecule has 0 atom stereocenters. The van der Waals surface area contributed by atoms with Crippen LogP contribution in [0.5, 0.6) is 0 Å². The fourth-order valence-corrected chi connectivity index (χ4v) is 6.49.